The van der Waals surface area contributed by atoms with Gasteiger partial charge in [0.15, 0.2) is 0 Å². The number of amides is 1. The van der Waals surface area contributed by atoms with Gasteiger partial charge in [0.2, 0.25) is 5.91 Å². The molecule has 1 saturated heterocycles. The zero-order chi connectivity index (χ0) is 13.1. The van der Waals surface area contributed by atoms with Crippen molar-refractivity contribution in [2.75, 3.05) is 20.1 Å². The minimum absolute atomic E-state index is 0.0261. The molecule has 0 aromatic rings. The molecule has 0 radical (unpaired) electrons. The molecule has 1 atom stereocenters. The lowest BCUT2D eigenvalue weighted by Crippen LogP contribution is -2.49. The SMILES string of the molecule is CN1CCCN(C2CCCC2)C(CC(=O)O)C1=O. The van der Waals surface area contributed by atoms with E-state index in [2.05, 4.69) is 4.90 Å². The van der Waals surface area contributed by atoms with Crippen molar-refractivity contribution in [3.8, 4) is 0 Å². The lowest BCUT2D eigenvalue weighted by molar-refractivity contribution is -0.145. The Morgan fingerprint density at radius 2 is 1.94 bits per heavy atom. The van der Waals surface area contributed by atoms with Gasteiger partial charge in [-0.2, -0.15) is 0 Å². The number of nitrogens with zero attached hydrogens (tertiary/aromatic N) is 2. The summed E-state index contributed by atoms with van der Waals surface area (Å²) in [5.41, 5.74) is 0. The van der Waals surface area contributed by atoms with Crippen LogP contribution in [0, 0.1) is 0 Å². The smallest absolute Gasteiger partial charge is 0.305 e. The molecular formula is C13H22N2O3. The zero-order valence-electron chi connectivity index (χ0n) is 11.0. The van der Waals surface area contributed by atoms with Gasteiger partial charge in [0.1, 0.15) is 6.04 Å². The van der Waals surface area contributed by atoms with Gasteiger partial charge in [-0.3, -0.25) is 14.5 Å². The molecule has 2 fully saturated rings. The lowest BCUT2D eigenvalue weighted by Gasteiger charge is -2.33. The molecule has 102 valence electrons. The van der Waals surface area contributed by atoms with Gasteiger partial charge in [-0.15, -0.1) is 0 Å². The number of carboxylic acids is 1. The minimum Gasteiger partial charge on any atom is -0.481 e. The van der Waals surface area contributed by atoms with E-state index < -0.39 is 12.0 Å². The van der Waals surface area contributed by atoms with Crippen LogP contribution in [0.4, 0.5) is 0 Å². The van der Waals surface area contributed by atoms with E-state index in [0.717, 1.165) is 32.4 Å². The highest BCUT2D eigenvalue weighted by molar-refractivity contribution is 5.86. The van der Waals surface area contributed by atoms with Gasteiger partial charge in [0, 0.05) is 26.2 Å². The van der Waals surface area contributed by atoms with Crippen molar-refractivity contribution in [1.29, 1.82) is 0 Å². The summed E-state index contributed by atoms with van der Waals surface area (Å²) in [6.07, 6.45) is 5.48. The molecule has 0 aromatic heterocycles. The quantitative estimate of drug-likeness (QED) is 0.814. The number of carbonyl (C=O) groups is 2. The summed E-state index contributed by atoms with van der Waals surface area (Å²) in [6, 6.07) is -0.0529. The normalized spacial score (nSPS) is 27.5. The third kappa shape index (κ3) is 2.83. The summed E-state index contributed by atoms with van der Waals surface area (Å²) in [5.74, 6) is -0.909. The van der Waals surface area contributed by atoms with Crippen molar-refractivity contribution in [2.45, 2.75) is 50.6 Å². The molecule has 5 heteroatoms. The van der Waals surface area contributed by atoms with Gasteiger partial charge < -0.3 is 10.0 Å². The molecule has 0 spiro atoms. The van der Waals surface area contributed by atoms with Crippen LogP contribution in [0.15, 0.2) is 0 Å². The standard InChI is InChI=1S/C13H22N2O3/c1-14-7-4-8-15(10-5-2-3-6-10)11(13(14)18)9-12(16)17/h10-11H,2-9H2,1H3,(H,16,17). The largest absolute Gasteiger partial charge is 0.481 e. The van der Waals surface area contributed by atoms with Crippen molar-refractivity contribution in [3.63, 3.8) is 0 Å². The number of likely N-dealkylation sites (N-methyl/N-ethyl adjacent to an activating group) is 1. The van der Waals surface area contributed by atoms with Crippen molar-refractivity contribution < 1.29 is 14.7 Å². The summed E-state index contributed by atoms with van der Waals surface area (Å²) in [5, 5.41) is 9.02. The van der Waals surface area contributed by atoms with E-state index in [1.165, 1.54) is 12.8 Å². The van der Waals surface area contributed by atoms with E-state index in [-0.39, 0.29) is 12.3 Å². The van der Waals surface area contributed by atoms with E-state index in [1.807, 2.05) is 0 Å². The zero-order valence-corrected chi connectivity index (χ0v) is 11.0. The molecule has 1 unspecified atom stereocenters. The fourth-order valence-electron chi connectivity index (χ4n) is 3.20. The Kier molecular flexibility index (Phi) is 4.22. The molecule has 2 aliphatic rings. The first-order valence-corrected chi connectivity index (χ1v) is 6.82. The van der Waals surface area contributed by atoms with Gasteiger partial charge in [0.25, 0.3) is 0 Å². The second-order valence-corrected chi connectivity index (χ2v) is 5.40. The number of hydrogen-bond acceptors (Lipinski definition) is 3. The first-order chi connectivity index (χ1) is 8.59. The summed E-state index contributed by atoms with van der Waals surface area (Å²) < 4.78 is 0. The number of aliphatic carboxylic acids is 1. The van der Waals surface area contributed by atoms with E-state index in [0.29, 0.717) is 6.04 Å². The number of rotatable bonds is 3. The second kappa shape index (κ2) is 5.69. The highest BCUT2D eigenvalue weighted by Crippen LogP contribution is 2.28. The third-order valence-corrected chi connectivity index (χ3v) is 4.13. The van der Waals surface area contributed by atoms with Crippen LogP contribution in [0.25, 0.3) is 0 Å². The van der Waals surface area contributed by atoms with Gasteiger partial charge in [-0.25, -0.2) is 0 Å². The van der Waals surface area contributed by atoms with E-state index in [1.54, 1.807) is 11.9 Å². The Morgan fingerprint density at radius 3 is 2.56 bits per heavy atom. The predicted molar refractivity (Wildman–Crippen MR) is 67.3 cm³/mol. The highest BCUT2D eigenvalue weighted by atomic mass is 16.4. The molecule has 0 bridgehead atoms. The molecule has 2 rings (SSSR count). The first-order valence-electron chi connectivity index (χ1n) is 6.82. The molecule has 5 nitrogen and oxygen atoms in total. The summed E-state index contributed by atoms with van der Waals surface area (Å²) in [4.78, 5) is 27.1. The maximum Gasteiger partial charge on any atom is 0.305 e. The summed E-state index contributed by atoms with van der Waals surface area (Å²) >= 11 is 0. The van der Waals surface area contributed by atoms with Gasteiger partial charge >= 0.3 is 5.97 Å². The van der Waals surface area contributed by atoms with E-state index in [9.17, 15) is 9.59 Å². The van der Waals surface area contributed by atoms with Gasteiger partial charge in [-0.05, 0) is 19.3 Å². The molecule has 1 N–H and O–H groups in total. The van der Waals surface area contributed by atoms with E-state index >= 15 is 0 Å². The Bertz CT molecular complexity index is 326. The van der Waals surface area contributed by atoms with Crippen LogP contribution >= 0.6 is 0 Å². The van der Waals surface area contributed by atoms with Crippen LogP contribution in [0.5, 0.6) is 0 Å². The molecule has 1 heterocycles. The number of carbonyl (C=O) groups excluding carboxylic acids is 1. The fraction of sp³-hybridized carbons (Fsp3) is 0.846. The summed E-state index contributed by atoms with van der Waals surface area (Å²) in [6.45, 7) is 1.58. The molecule has 1 aliphatic heterocycles. The molecule has 1 saturated carbocycles. The van der Waals surface area contributed by atoms with Crippen molar-refractivity contribution in [2.24, 2.45) is 0 Å². The van der Waals surface area contributed by atoms with Crippen LogP contribution in [0.1, 0.15) is 38.5 Å². The Labute approximate surface area is 108 Å². The average molecular weight is 254 g/mol. The maximum absolute atomic E-state index is 12.3. The Balaban J connectivity index is 2.16. The van der Waals surface area contributed by atoms with Gasteiger partial charge in [0.05, 0.1) is 6.42 Å². The Morgan fingerprint density at radius 1 is 1.28 bits per heavy atom. The van der Waals surface area contributed by atoms with Crippen LogP contribution < -0.4 is 0 Å². The monoisotopic (exact) mass is 254 g/mol. The first kappa shape index (κ1) is 13.3. The average Bonchev–Trinajstić information content (AvgIpc) is 2.80. The maximum atomic E-state index is 12.3. The number of hydrogen-bond donors (Lipinski definition) is 1. The predicted octanol–water partition coefficient (Wildman–Crippen LogP) is 0.936. The van der Waals surface area contributed by atoms with Crippen LogP contribution in [-0.2, 0) is 9.59 Å². The van der Waals surface area contributed by atoms with Crippen molar-refractivity contribution >= 4 is 11.9 Å². The highest BCUT2D eigenvalue weighted by Gasteiger charge is 2.37. The van der Waals surface area contributed by atoms with Crippen LogP contribution in [0.3, 0.4) is 0 Å². The molecule has 1 amide bonds. The van der Waals surface area contributed by atoms with Gasteiger partial charge in [-0.1, -0.05) is 12.8 Å². The molecule has 1 aliphatic carbocycles. The molecular weight excluding hydrogens is 232 g/mol. The van der Waals surface area contributed by atoms with E-state index in [4.69, 9.17) is 5.11 Å². The lowest BCUT2D eigenvalue weighted by atomic mass is 10.1. The van der Waals surface area contributed by atoms with Crippen molar-refractivity contribution in [3.05, 3.63) is 0 Å². The Hall–Kier alpha value is -1.10. The third-order valence-electron chi connectivity index (χ3n) is 4.13. The fourth-order valence-corrected chi connectivity index (χ4v) is 3.20. The topological polar surface area (TPSA) is 60.9 Å². The van der Waals surface area contributed by atoms with Crippen LogP contribution in [-0.4, -0.2) is 59.0 Å². The second-order valence-electron chi connectivity index (χ2n) is 5.40. The minimum atomic E-state index is -0.883. The molecule has 18 heavy (non-hydrogen) atoms. The number of carboxylic acid groups (broad SMARTS) is 1. The summed E-state index contributed by atoms with van der Waals surface area (Å²) in [7, 11) is 1.77. The molecule has 0 aromatic carbocycles. The van der Waals surface area contributed by atoms with Crippen molar-refractivity contribution in [1.82, 2.24) is 9.80 Å². The van der Waals surface area contributed by atoms with Crippen LogP contribution in [0.2, 0.25) is 0 Å².